The minimum atomic E-state index is -0.263. The Balaban J connectivity index is 1.53. The summed E-state index contributed by atoms with van der Waals surface area (Å²) in [5.74, 6) is 3.05. The van der Waals surface area contributed by atoms with E-state index in [2.05, 4.69) is 22.5 Å². The van der Waals surface area contributed by atoms with Crippen molar-refractivity contribution in [2.75, 3.05) is 20.8 Å². The van der Waals surface area contributed by atoms with Gasteiger partial charge in [-0.15, -0.1) is 0 Å². The van der Waals surface area contributed by atoms with Crippen LogP contribution >= 0.6 is 0 Å². The van der Waals surface area contributed by atoms with Crippen LogP contribution in [0.1, 0.15) is 18.7 Å². The van der Waals surface area contributed by atoms with E-state index in [9.17, 15) is 9.59 Å². The lowest BCUT2D eigenvalue weighted by Gasteiger charge is -2.19. The molecule has 7 nitrogen and oxygen atoms in total. The zero-order valence-electron chi connectivity index (χ0n) is 16.4. The number of nitrogens with one attached hydrogen (secondary N) is 1. The fourth-order valence-corrected chi connectivity index (χ4v) is 4.42. The highest BCUT2D eigenvalue weighted by molar-refractivity contribution is 5.82. The standard InChI is InChI=1S/C21H25N3O4/c1-12-23-17-9-19(28-3)18(27-2)8-16(17)21(26)24(12)11-20(25)22-10-15-7-13-4-5-14(15)6-13/h4-5,8-9,13-15H,6-7,10-11H2,1-3H3,(H,22,25)/t13-,14-,15+/m1/s1. The van der Waals surface area contributed by atoms with Crippen LogP contribution in [0.2, 0.25) is 0 Å². The third-order valence-corrected chi connectivity index (χ3v) is 5.93. The van der Waals surface area contributed by atoms with Crippen LogP contribution in [-0.2, 0) is 11.3 Å². The maximum absolute atomic E-state index is 13.0. The molecule has 2 aliphatic rings. The number of carbonyl (C=O) groups is 1. The summed E-state index contributed by atoms with van der Waals surface area (Å²) in [6, 6.07) is 3.29. The summed E-state index contributed by atoms with van der Waals surface area (Å²) in [4.78, 5) is 29.9. The Labute approximate surface area is 163 Å². The van der Waals surface area contributed by atoms with Crippen LogP contribution in [0.25, 0.3) is 10.9 Å². The van der Waals surface area contributed by atoms with Crippen molar-refractivity contribution >= 4 is 16.8 Å². The highest BCUT2D eigenvalue weighted by Crippen LogP contribution is 2.42. The topological polar surface area (TPSA) is 82.5 Å². The van der Waals surface area contributed by atoms with Crippen molar-refractivity contribution < 1.29 is 14.3 Å². The van der Waals surface area contributed by atoms with E-state index in [1.165, 1.54) is 25.2 Å². The molecule has 3 atom stereocenters. The molecule has 0 radical (unpaired) electrons. The zero-order chi connectivity index (χ0) is 19.8. The second-order valence-corrected chi connectivity index (χ2v) is 7.62. The van der Waals surface area contributed by atoms with Crippen molar-refractivity contribution in [1.29, 1.82) is 0 Å². The predicted molar refractivity (Wildman–Crippen MR) is 106 cm³/mol. The molecule has 2 aromatic rings. The highest BCUT2D eigenvalue weighted by atomic mass is 16.5. The fourth-order valence-electron chi connectivity index (χ4n) is 4.42. The molecule has 1 amide bonds. The van der Waals surface area contributed by atoms with E-state index in [1.807, 2.05) is 0 Å². The van der Waals surface area contributed by atoms with Gasteiger partial charge in [-0.2, -0.15) is 0 Å². The zero-order valence-corrected chi connectivity index (χ0v) is 16.4. The lowest BCUT2D eigenvalue weighted by molar-refractivity contribution is -0.122. The summed E-state index contributed by atoms with van der Waals surface area (Å²) in [7, 11) is 3.05. The van der Waals surface area contributed by atoms with Crippen LogP contribution < -0.4 is 20.3 Å². The van der Waals surface area contributed by atoms with E-state index in [0.29, 0.717) is 52.5 Å². The molecule has 1 aromatic heterocycles. The number of carbonyl (C=O) groups excluding carboxylic acids is 1. The van der Waals surface area contributed by atoms with Gasteiger partial charge in [-0.25, -0.2) is 4.98 Å². The summed E-state index contributed by atoms with van der Waals surface area (Å²) in [5, 5.41) is 3.39. The first-order chi connectivity index (χ1) is 13.5. The van der Waals surface area contributed by atoms with Gasteiger partial charge in [0, 0.05) is 12.6 Å². The summed E-state index contributed by atoms with van der Waals surface area (Å²) < 4.78 is 12.0. The molecular formula is C21H25N3O4. The number of nitrogens with zero attached hydrogens (tertiary/aromatic N) is 2. The van der Waals surface area contributed by atoms with Gasteiger partial charge in [0.15, 0.2) is 11.5 Å². The number of hydrogen-bond acceptors (Lipinski definition) is 5. The molecule has 7 heteroatoms. The van der Waals surface area contributed by atoms with Crippen LogP contribution in [0.5, 0.6) is 11.5 Å². The number of allylic oxidation sites excluding steroid dienone is 2. The maximum Gasteiger partial charge on any atom is 0.262 e. The quantitative estimate of drug-likeness (QED) is 0.772. The van der Waals surface area contributed by atoms with Gasteiger partial charge < -0.3 is 14.8 Å². The molecule has 1 fully saturated rings. The molecule has 28 heavy (non-hydrogen) atoms. The molecule has 2 aliphatic carbocycles. The Morgan fingerprint density at radius 3 is 2.61 bits per heavy atom. The second-order valence-electron chi connectivity index (χ2n) is 7.62. The minimum absolute atomic E-state index is 0.0430. The first kappa shape index (κ1) is 18.5. The molecule has 1 N–H and O–H groups in total. The third-order valence-electron chi connectivity index (χ3n) is 5.93. The number of ether oxygens (including phenoxy) is 2. The van der Waals surface area contributed by atoms with Gasteiger partial charge in [0.2, 0.25) is 5.91 Å². The number of benzene rings is 1. The van der Waals surface area contributed by atoms with E-state index >= 15 is 0 Å². The SMILES string of the molecule is COc1cc2nc(C)n(CC(=O)NC[C@@H]3C[C@@H]4C=C[C@@H]3C4)c(=O)c2cc1OC. The Morgan fingerprint density at radius 1 is 1.21 bits per heavy atom. The average molecular weight is 383 g/mol. The molecule has 1 heterocycles. The van der Waals surface area contributed by atoms with Gasteiger partial charge >= 0.3 is 0 Å². The van der Waals surface area contributed by atoms with Crippen LogP contribution in [0.4, 0.5) is 0 Å². The smallest absolute Gasteiger partial charge is 0.262 e. The maximum atomic E-state index is 13.0. The fraction of sp³-hybridized carbons (Fsp3) is 0.476. The average Bonchev–Trinajstić information content (AvgIpc) is 3.32. The van der Waals surface area contributed by atoms with Crippen LogP contribution in [0, 0.1) is 24.7 Å². The van der Waals surface area contributed by atoms with Crippen LogP contribution in [0.3, 0.4) is 0 Å². The van der Waals surface area contributed by atoms with Gasteiger partial charge in [0.1, 0.15) is 12.4 Å². The van der Waals surface area contributed by atoms with Gasteiger partial charge in [-0.1, -0.05) is 12.2 Å². The molecule has 148 valence electrons. The van der Waals surface area contributed by atoms with Crippen molar-refractivity contribution in [3.05, 3.63) is 40.5 Å². The number of aromatic nitrogens is 2. The van der Waals surface area contributed by atoms with Gasteiger partial charge in [0.25, 0.3) is 5.56 Å². The number of aryl methyl sites for hydroxylation is 1. The molecule has 0 unspecified atom stereocenters. The molecule has 1 saturated carbocycles. The second kappa shape index (κ2) is 7.30. The summed E-state index contributed by atoms with van der Waals surface area (Å²) >= 11 is 0. The van der Waals surface area contributed by atoms with E-state index in [0.717, 1.165) is 6.42 Å². The number of fused-ring (bicyclic) bond motifs is 3. The van der Waals surface area contributed by atoms with E-state index in [1.54, 1.807) is 19.1 Å². The number of methoxy groups -OCH3 is 2. The van der Waals surface area contributed by atoms with Crippen LogP contribution in [-0.4, -0.2) is 36.2 Å². The monoisotopic (exact) mass is 383 g/mol. The Hall–Kier alpha value is -2.83. The van der Waals surface area contributed by atoms with Crippen molar-refractivity contribution in [2.45, 2.75) is 26.3 Å². The lowest BCUT2D eigenvalue weighted by atomic mass is 9.94. The van der Waals surface area contributed by atoms with E-state index in [4.69, 9.17) is 9.47 Å². The Bertz CT molecular complexity index is 1010. The molecule has 2 bridgehead atoms. The molecular weight excluding hydrogens is 358 g/mol. The van der Waals surface area contributed by atoms with Crippen molar-refractivity contribution in [3.8, 4) is 11.5 Å². The molecule has 0 spiro atoms. The van der Waals surface area contributed by atoms with Crippen molar-refractivity contribution in [1.82, 2.24) is 14.9 Å². The third kappa shape index (κ3) is 3.25. The van der Waals surface area contributed by atoms with Gasteiger partial charge in [0.05, 0.1) is 25.1 Å². The largest absolute Gasteiger partial charge is 0.493 e. The van der Waals surface area contributed by atoms with E-state index < -0.39 is 0 Å². The highest BCUT2D eigenvalue weighted by Gasteiger charge is 2.35. The normalized spacial score (nSPS) is 22.6. The van der Waals surface area contributed by atoms with Gasteiger partial charge in [-0.05, 0) is 43.6 Å². The van der Waals surface area contributed by atoms with E-state index in [-0.39, 0.29) is 18.0 Å². The molecule has 0 saturated heterocycles. The Morgan fingerprint density at radius 2 is 1.96 bits per heavy atom. The first-order valence-corrected chi connectivity index (χ1v) is 9.58. The summed E-state index contributed by atoms with van der Waals surface area (Å²) in [6.07, 6.45) is 6.91. The van der Waals surface area contributed by atoms with Gasteiger partial charge in [-0.3, -0.25) is 14.2 Å². The first-order valence-electron chi connectivity index (χ1n) is 9.58. The minimum Gasteiger partial charge on any atom is -0.493 e. The Kier molecular flexibility index (Phi) is 4.83. The van der Waals surface area contributed by atoms with Crippen molar-refractivity contribution in [3.63, 3.8) is 0 Å². The number of rotatable bonds is 6. The van der Waals surface area contributed by atoms with Crippen LogP contribution in [0.15, 0.2) is 29.1 Å². The van der Waals surface area contributed by atoms with Crippen molar-refractivity contribution in [2.24, 2.45) is 17.8 Å². The predicted octanol–water partition coefficient (Wildman–Crippen LogP) is 2.05. The molecule has 4 rings (SSSR count). The number of amides is 1. The molecule has 1 aromatic carbocycles. The number of hydrogen-bond donors (Lipinski definition) is 1. The summed E-state index contributed by atoms with van der Waals surface area (Å²) in [6.45, 7) is 2.34. The summed E-state index contributed by atoms with van der Waals surface area (Å²) in [5.41, 5.74) is 0.257. The molecule has 0 aliphatic heterocycles. The lowest BCUT2D eigenvalue weighted by Crippen LogP contribution is -2.37.